The molecule has 6 nitrogen and oxygen atoms in total. The number of fused-ring (bicyclic) bond motifs is 1. The van der Waals surface area contributed by atoms with Crippen molar-refractivity contribution in [2.45, 2.75) is 13.3 Å². The molecule has 0 spiro atoms. The van der Waals surface area contributed by atoms with Crippen LogP contribution in [0.1, 0.15) is 11.5 Å². The summed E-state index contributed by atoms with van der Waals surface area (Å²) in [5.41, 5.74) is 10.00. The number of nitro groups is 1. The zero-order valence-corrected chi connectivity index (χ0v) is 16.2. The van der Waals surface area contributed by atoms with E-state index in [1.807, 2.05) is 23.8 Å². The van der Waals surface area contributed by atoms with Crippen LogP contribution < -0.4 is 58.2 Å². The third-order valence-corrected chi connectivity index (χ3v) is 3.18. The summed E-state index contributed by atoms with van der Waals surface area (Å²) >= 11 is 0. The zero-order valence-electron chi connectivity index (χ0n) is 11.3. The predicted octanol–water partition coefficient (Wildman–Crippen LogP) is 0.481. The Morgan fingerprint density at radius 1 is 1.45 bits per heavy atom. The van der Waals surface area contributed by atoms with Crippen molar-refractivity contribution in [3.63, 3.8) is 0 Å². The quantitative estimate of drug-likeness (QED) is 0.589. The Hall–Kier alpha value is -0.825. The number of rotatable bonds is 2. The summed E-state index contributed by atoms with van der Waals surface area (Å²) in [6, 6.07) is 4.55. The minimum atomic E-state index is -0.542. The van der Waals surface area contributed by atoms with E-state index < -0.39 is 4.92 Å². The largest absolute Gasteiger partial charge is 1.00 e. The second kappa shape index (κ2) is 5.89. The molecule has 7 heteroatoms. The van der Waals surface area contributed by atoms with Crippen LogP contribution in [0.2, 0.25) is 0 Å². The van der Waals surface area contributed by atoms with Gasteiger partial charge in [0.25, 0.3) is 5.69 Å². The van der Waals surface area contributed by atoms with Crippen molar-refractivity contribution >= 4 is 17.6 Å². The molecule has 1 N–H and O–H groups in total. The number of nitro benzene ring substituents is 1. The van der Waals surface area contributed by atoms with Crippen LogP contribution in [0.5, 0.6) is 0 Å². The second-order valence-electron chi connectivity index (χ2n) is 4.41. The van der Waals surface area contributed by atoms with E-state index in [0.29, 0.717) is 0 Å². The SMILES string of the molecule is Cc1nc2n(c1-c1ccc([N+](=O)[O-])c([NH-])c1)C=CC2.[Rb+]. The van der Waals surface area contributed by atoms with Crippen molar-refractivity contribution in [1.82, 2.24) is 9.55 Å². The predicted molar refractivity (Wildman–Crippen MR) is 72.1 cm³/mol. The van der Waals surface area contributed by atoms with Gasteiger partial charge in [-0.1, -0.05) is 17.8 Å². The van der Waals surface area contributed by atoms with Crippen molar-refractivity contribution < 1.29 is 63.1 Å². The Labute approximate surface area is 164 Å². The Morgan fingerprint density at radius 2 is 2.20 bits per heavy atom. The van der Waals surface area contributed by atoms with Gasteiger partial charge in [0.1, 0.15) is 5.82 Å². The van der Waals surface area contributed by atoms with Gasteiger partial charge in [-0.3, -0.25) is 10.1 Å². The number of hydrogen-bond acceptors (Lipinski definition) is 3. The number of aryl methyl sites for hydroxylation is 1. The number of allylic oxidation sites excluding steroid dienone is 1. The van der Waals surface area contributed by atoms with E-state index in [1.54, 1.807) is 6.07 Å². The first kappa shape index (κ1) is 15.6. The molecule has 0 radical (unpaired) electrons. The van der Waals surface area contributed by atoms with E-state index in [-0.39, 0.29) is 69.6 Å². The van der Waals surface area contributed by atoms with Gasteiger partial charge in [-0.15, -0.1) is 0 Å². The topological polar surface area (TPSA) is 84.8 Å². The van der Waals surface area contributed by atoms with Gasteiger partial charge in [0.05, 0.1) is 16.3 Å². The molecule has 0 atom stereocenters. The third-order valence-electron chi connectivity index (χ3n) is 3.18. The van der Waals surface area contributed by atoms with Gasteiger partial charge >= 0.3 is 58.2 Å². The maximum Gasteiger partial charge on any atom is 1.00 e. The summed E-state index contributed by atoms with van der Waals surface area (Å²) in [7, 11) is 0. The van der Waals surface area contributed by atoms with E-state index in [2.05, 4.69) is 4.98 Å². The molecule has 96 valence electrons. The van der Waals surface area contributed by atoms with Crippen LogP contribution >= 0.6 is 0 Å². The molecular formula is C13H11N4O2Rb. The maximum absolute atomic E-state index is 10.7. The number of aromatic nitrogens is 2. The summed E-state index contributed by atoms with van der Waals surface area (Å²) in [6.07, 6.45) is 4.75. The van der Waals surface area contributed by atoms with Crippen LogP contribution in [0.25, 0.3) is 23.2 Å². The van der Waals surface area contributed by atoms with Crippen LogP contribution in [-0.2, 0) is 6.42 Å². The van der Waals surface area contributed by atoms with Crippen molar-refractivity contribution in [1.29, 1.82) is 0 Å². The molecule has 20 heavy (non-hydrogen) atoms. The fourth-order valence-electron chi connectivity index (χ4n) is 2.36. The number of nitrogens with one attached hydrogen (secondary N) is 1. The Balaban J connectivity index is 0.00000147. The maximum atomic E-state index is 10.7. The first-order valence-corrected chi connectivity index (χ1v) is 5.82. The summed E-state index contributed by atoms with van der Waals surface area (Å²) in [6.45, 7) is 1.90. The molecule has 2 heterocycles. The number of benzene rings is 1. The van der Waals surface area contributed by atoms with Gasteiger partial charge in [-0.2, -0.15) is 0 Å². The fraction of sp³-hybridized carbons (Fsp3) is 0.154. The Morgan fingerprint density at radius 3 is 2.85 bits per heavy atom. The molecule has 1 aliphatic rings. The molecule has 0 aliphatic carbocycles. The van der Waals surface area contributed by atoms with E-state index in [1.165, 1.54) is 12.1 Å². The molecule has 0 saturated carbocycles. The van der Waals surface area contributed by atoms with Crippen molar-refractivity contribution in [2.75, 3.05) is 0 Å². The van der Waals surface area contributed by atoms with Crippen LogP contribution in [-0.4, -0.2) is 14.5 Å². The van der Waals surface area contributed by atoms with E-state index >= 15 is 0 Å². The molecule has 0 unspecified atom stereocenters. The molecule has 0 saturated heterocycles. The normalized spacial score (nSPS) is 12.1. The fourth-order valence-corrected chi connectivity index (χ4v) is 2.36. The van der Waals surface area contributed by atoms with Gasteiger partial charge in [0, 0.05) is 18.7 Å². The summed E-state index contributed by atoms with van der Waals surface area (Å²) < 4.78 is 1.97. The molecule has 1 aromatic heterocycles. The average molecular weight is 341 g/mol. The average Bonchev–Trinajstić information content (AvgIpc) is 2.87. The number of imidazole rings is 1. The van der Waals surface area contributed by atoms with Crippen LogP contribution in [0.4, 0.5) is 11.4 Å². The van der Waals surface area contributed by atoms with Gasteiger partial charge < -0.3 is 10.3 Å². The van der Waals surface area contributed by atoms with Crippen molar-refractivity contribution in [3.05, 3.63) is 51.6 Å². The van der Waals surface area contributed by atoms with Crippen LogP contribution in [0, 0.1) is 17.0 Å². The van der Waals surface area contributed by atoms with Crippen molar-refractivity contribution in [2.24, 2.45) is 0 Å². The van der Waals surface area contributed by atoms with Crippen LogP contribution in [0.3, 0.4) is 0 Å². The van der Waals surface area contributed by atoms with E-state index in [0.717, 1.165) is 29.2 Å². The van der Waals surface area contributed by atoms with E-state index in [9.17, 15) is 10.1 Å². The molecular weight excluding hydrogens is 330 g/mol. The smallest absolute Gasteiger partial charge is 0.693 e. The standard InChI is InChI=1S/C13H11N4O2.Rb/c1-8-13(16-6-2-3-12(16)15-8)9-4-5-11(17(18)19)10(14)7-9;/h2,4-7,14H,3H2,1H3;/q-1;+1. The Bertz CT molecular complexity index is 721. The minimum Gasteiger partial charge on any atom is -0.693 e. The molecule has 3 rings (SSSR count). The third kappa shape index (κ3) is 2.53. The summed E-state index contributed by atoms with van der Waals surface area (Å²) in [5.74, 6) is 0.956. The first-order valence-electron chi connectivity index (χ1n) is 5.82. The van der Waals surface area contributed by atoms with E-state index in [4.69, 9.17) is 5.73 Å². The zero-order chi connectivity index (χ0) is 13.6. The first-order chi connectivity index (χ1) is 9.08. The monoisotopic (exact) mass is 340 g/mol. The minimum absolute atomic E-state index is 0. The second-order valence-corrected chi connectivity index (χ2v) is 4.41. The molecule has 0 bridgehead atoms. The summed E-state index contributed by atoms with van der Waals surface area (Å²) in [5, 5.41) is 10.7. The van der Waals surface area contributed by atoms with Gasteiger partial charge in [0.2, 0.25) is 0 Å². The molecule has 2 aromatic rings. The molecule has 0 fully saturated rings. The molecule has 1 aromatic carbocycles. The van der Waals surface area contributed by atoms with Gasteiger partial charge in [0.15, 0.2) is 0 Å². The Kier molecular flexibility index (Phi) is 4.58. The number of hydrogen-bond donors (Lipinski definition) is 0. The molecule has 1 aliphatic heterocycles. The van der Waals surface area contributed by atoms with Crippen LogP contribution in [0.15, 0.2) is 24.3 Å². The number of nitrogens with zero attached hydrogens (tertiary/aromatic N) is 3. The van der Waals surface area contributed by atoms with Crippen molar-refractivity contribution in [3.8, 4) is 11.3 Å². The van der Waals surface area contributed by atoms with Gasteiger partial charge in [-0.05, 0) is 18.6 Å². The summed E-state index contributed by atoms with van der Waals surface area (Å²) in [4.78, 5) is 14.6. The molecule has 0 amide bonds. The van der Waals surface area contributed by atoms with Gasteiger partial charge in [-0.25, -0.2) is 4.98 Å².